The first-order valence-electron chi connectivity index (χ1n) is 24.6. The fraction of sp³-hybridized carbons (Fsp3) is 0.210. The van der Waals surface area contributed by atoms with E-state index in [1.807, 2.05) is 99.7 Å². The van der Waals surface area contributed by atoms with Crippen LogP contribution < -0.4 is 25.0 Å². The molecular formula is C62H74N5+5. The SMILES string of the molecule is C1=[NH+]c2c(ccc3ccccc23)C1.C1=[NH+]c2ccc3ccccc3c2C1.C1=[NH+]c2cccc3cccc1c23.C1=[NH+]c2ccccc2C1.CC.CC.CC.CC.CC.c1ccc2[nH+]cccc2c1. The summed E-state index contributed by atoms with van der Waals surface area (Å²) in [6, 6.07) is 59.1. The molecule has 5 heterocycles. The van der Waals surface area contributed by atoms with E-state index in [0.717, 1.165) is 19.3 Å². The summed E-state index contributed by atoms with van der Waals surface area (Å²) in [6.45, 7) is 20.0. The highest BCUT2D eigenvalue weighted by molar-refractivity contribution is 6.06. The van der Waals surface area contributed by atoms with E-state index in [9.17, 15) is 0 Å². The Balaban J connectivity index is 0.000000175. The van der Waals surface area contributed by atoms with E-state index in [2.05, 4.69) is 195 Å². The van der Waals surface area contributed by atoms with Gasteiger partial charge in [0, 0.05) is 52.4 Å². The van der Waals surface area contributed by atoms with Crippen molar-refractivity contribution in [2.75, 3.05) is 0 Å². The van der Waals surface area contributed by atoms with Gasteiger partial charge in [0.2, 0.25) is 28.3 Å². The molecule has 4 aliphatic rings. The monoisotopic (exact) mass is 889 g/mol. The van der Waals surface area contributed by atoms with E-state index in [-0.39, 0.29) is 0 Å². The maximum atomic E-state index is 3.32. The Morgan fingerprint density at radius 1 is 0.343 bits per heavy atom. The lowest BCUT2D eigenvalue weighted by atomic mass is 10.0. The van der Waals surface area contributed by atoms with Crippen molar-refractivity contribution in [2.45, 2.75) is 88.5 Å². The molecule has 5 N–H and O–H groups in total. The molecule has 0 radical (unpaired) electrons. The zero-order valence-electron chi connectivity index (χ0n) is 41.7. The van der Waals surface area contributed by atoms with E-state index in [0.29, 0.717) is 0 Å². The molecule has 8 aromatic carbocycles. The van der Waals surface area contributed by atoms with Crippen LogP contribution in [0.25, 0.3) is 43.2 Å². The van der Waals surface area contributed by atoms with Crippen LogP contribution >= 0.6 is 0 Å². The van der Waals surface area contributed by atoms with E-state index in [1.54, 1.807) is 0 Å². The first kappa shape index (κ1) is 52.3. The normalized spacial score (nSPS) is 11.3. The number of hydrogen-bond donors (Lipinski definition) is 4. The molecule has 9 aromatic rings. The molecule has 4 aliphatic heterocycles. The van der Waals surface area contributed by atoms with Gasteiger partial charge in [-0.3, -0.25) is 0 Å². The summed E-state index contributed by atoms with van der Waals surface area (Å²) >= 11 is 0. The summed E-state index contributed by atoms with van der Waals surface area (Å²) < 4.78 is 0. The number of rotatable bonds is 0. The smallest absolute Gasteiger partial charge is 0.214 e. The van der Waals surface area contributed by atoms with Gasteiger partial charge in [0.1, 0.15) is 18.6 Å². The first-order valence-corrected chi connectivity index (χ1v) is 24.6. The number of fused-ring (bicyclic) bond motifs is 8. The lowest BCUT2D eigenvalue weighted by Crippen LogP contribution is -2.59. The predicted molar refractivity (Wildman–Crippen MR) is 292 cm³/mol. The van der Waals surface area contributed by atoms with Crippen molar-refractivity contribution in [3.63, 3.8) is 0 Å². The van der Waals surface area contributed by atoms with E-state index >= 15 is 0 Å². The van der Waals surface area contributed by atoms with Crippen molar-refractivity contribution in [1.29, 1.82) is 0 Å². The molecule has 13 rings (SSSR count). The molecule has 0 aliphatic carbocycles. The molecule has 0 atom stereocenters. The molecule has 0 amide bonds. The summed E-state index contributed by atoms with van der Waals surface area (Å²) in [4.78, 5) is 16.2. The topological polar surface area (TPSA) is 70.0 Å². The van der Waals surface area contributed by atoms with Gasteiger partial charge in [-0.25, -0.2) is 25.0 Å². The highest BCUT2D eigenvalue weighted by atomic mass is 14.8. The third-order valence-corrected chi connectivity index (χ3v) is 10.7. The zero-order valence-corrected chi connectivity index (χ0v) is 41.7. The molecule has 5 heteroatoms. The van der Waals surface area contributed by atoms with Crippen LogP contribution in [-0.4, -0.2) is 24.9 Å². The van der Waals surface area contributed by atoms with Gasteiger partial charge >= 0.3 is 0 Å². The second kappa shape index (κ2) is 29.2. The van der Waals surface area contributed by atoms with Crippen LogP contribution in [0.3, 0.4) is 0 Å². The Morgan fingerprint density at radius 3 is 1.63 bits per heavy atom. The molecular weight excluding hydrogens is 815 g/mol. The minimum atomic E-state index is 1.04. The van der Waals surface area contributed by atoms with Crippen LogP contribution in [0, 0.1) is 0 Å². The van der Waals surface area contributed by atoms with Crippen molar-refractivity contribution in [1.82, 2.24) is 0 Å². The Morgan fingerprint density at radius 2 is 0.881 bits per heavy atom. The van der Waals surface area contributed by atoms with Crippen LogP contribution in [0.2, 0.25) is 0 Å². The Kier molecular flexibility index (Phi) is 22.8. The standard InChI is InChI=1S/2C12H9N.C11H7N.C9H7N.C8H7N.5C2H6/c1-2-4-11-9(3-1)5-6-10-7-8-13-12(10)11;1-2-4-10-9(3-1)5-6-12-11(10)7-8-13-12;1-3-8-4-2-6-10-11(8)9(5-1)7-12-10;1-2-6-9-8(4-1)5-3-7-10-9;1-2-4-8-7(3-1)5-6-9-8;5*1-2/h2*1-6,8H,7H2;1-7H;1-7H;1-4,6H,5H2;5*1-2H3/p+5. The Labute approximate surface area is 400 Å². The van der Waals surface area contributed by atoms with Crippen LogP contribution in [0.1, 0.15) is 91.5 Å². The summed E-state index contributed by atoms with van der Waals surface area (Å²) in [5.74, 6) is 0. The minimum Gasteiger partial charge on any atom is -0.215 e. The maximum Gasteiger partial charge on any atom is 0.214 e. The third-order valence-electron chi connectivity index (χ3n) is 10.7. The molecule has 0 saturated carbocycles. The summed E-state index contributed by atoms with van der Waals surface area (Å²) in [6.07, 6.45) is 13.4. The molecule has 0 saturated heterocycles. The summed E-state index contributed by atoms with van der Waals surface area (Å²) in [5.41, 5.74) is 11.7. The average Bonchev–Trinajstić information content (AvgIpc) is 4.29. The minimum absolute atomic E-state index is 1.04. The molecule has 1 aromatic heterocycles. The van der Waals surface area contributed by atoms with Crippen molar-refractivity contribution in [3.8, 4) is 0 Å². The van der Waals surface area contributed by atoms with Gasteiger partial charge in [-0.05, 0) is 51.9 Å². The first-order chi connectivity index (χ1) is 33.3. The molecule has 342 valence electrons. The van der Waals surface area contributed by atoms with Crippen molar-refractivity contribution < 1.29 is 25.0 Å². The second-order valence-electron chi connectivity index (χ2n) is 14.2. The van der Waals surface area contributed by atoms with Crippen LogP contribution in [0.5, 0.6) is 0 Å². The molecule has 0 bridgehead atoms. The number of benzene rings is 8. The summed E-state index contributed by atoms with van der Waals surface area (Å²) in [7, 11) is 0. The van der Waals surface area contributed by atoms with E-state index in [1.165, 1.54) is 88.2 Å². The number of hydrogen-bond acceptors (Lipinski definition) is 0. The predicted octanol–water partition coefficient (Wildman–Crippen LogP) is 10.2. The molecule has 67 heavy (non-hydrogen) atoms. The van der Waals surface area contributed by atoms with Crippen LogP contribution in [0.4, 0.5) is 22.7 Å². The summed E-state index contributed by atoms with van der Waals surface area (Å²) in [5, 5.41) is 9.26. The Bertz CT molecular complexity index is 2910. The number of para-hydroxylation sites is 2. The van der Waals surface area contributed by atoms with Crippen molar-refractivity contribution in [2.24, 2.45) is 0 Å². The molecule has 5 nitrogen and oxygen atoms in total. The van der Waals surface area contributed by atoms with Gasteiger partial charge in [-0.2, -0.15) is 0 Å². The van der Waals surface area contributed by atoms with Gasteiger partial charge in [0.15, 0.2) is 12.4 Å². The van der Waals surface area contributed by atoms with Gasteiger partial charge in [0.25, 0.3) is 0 Å². The van der Waals surface area contributed by atoms with Crippen LogP contribution in [-0.2, 0) is 19.3 Å². The van der Waals surface area contributed by atoms with Gasteiger partial charge < -0.3 is 0 Å². The number of nitrogens with one attached hydrogen (secondary N) is 5. The van der Waals surface area contributed by atoms with Crippen molar-refractivity contribution >= 4 is 90.8 Å². The van der Waals surface area contributed by atoms with Gasteiger partial charge in [0.05, 0.1) is 35.6 Å². The highest BCUT2D eigenvalue weighted by Crippen LogP contribution is 2.26. The fourth-order valence-electron chi connectivity index (χ4n) is 7.81. The number of aromatic nitrogens is 1. The fourth-order valence-corrected chi connectivity index (χ4v) is 7.81. The third kappa shape index (κ3) is 13.8. The van der Waals surface area contributed by atoms with Crippen LogP contribution in [0.15, 0.2) is 176 Å². The van der Waals surface area contributed by atoms with E-state index < -0.39 is 0 Å². The van der Waals surface area contributed by atoms with Crippen molar-refractivity contribution in [3.05, 3.63) is 198 Å². The zero-order chi connectivity index (χ0) is 48.2. The number of H-pyrrole nitrogens is 1. The number of pyridine rings is 1. The maximum absolute atomic E-state index is 3.32. The highest BCUT2D eigenvalue weighted by Gasteiger charge is 2.17. The molecule has 0 fully saturated rings. The second-order valence-corrected chi connectivity index (χ2v) is 14.2. The lowest BCUT2D eigenvalue weighted by Gasteiger charge is -1.99. The van der Waals surface area contributed by atoms with E-state index in [4.69, 9.17) is 0 Å². The quantitative estimate of drug-likeness (QED) is 0.117. The average molecular weight is 889 g/mol. The molecule has 0 spiro atoms. The Hall–Kier alpha value is -7.37. The number of aromatic amines is 1. The molecule has 0 unspecified atom stereocenters. The largest absolute Gasteiger partial charge is 0.215 e. The lowest BCUT2D eigenvalue weighted by molar-refractivity contribution is -0.344. The van der Waals surface area contributed by atoms with Gasteiger partial charge in [-0.1, -0.05) is 178 Å². The van der Waals surface area contributed by atoms with Gasteiger partial charge in [-0.15, -0.1) is 0 Å².